The lowest BCUT2D eigenvalue weighted by Gasteiger charge is -2.14. The molecule has 0 atom stereocenters. The molecule has 1 aromatic carbocycles. The largest absolute Gasteiger partial charge is 0.364 e. The van der Waals surface area contributed by atoms with Gasteiger partial charge in [-0.2, -0.15) is 5.10 Å². The normalized spacial score (nSPS) is 11.2. The van der Waals surface area contributed by atoms with E-state index < -0.39 is 0 Å². The molecule has 0 bridgehead atoms. The highest BCUT2D eigenvalue weighted by atomic mass is 35.5. The Morgan fingerprint density at radius 1 is 1.23 bits per heavy atom. The van der Waals surface area contributed by atoms with Crippen molar-refractivity contribution in [1.82, 2.24) is 25.9 Å². The van der Waals surface area contributed by atoms with E-state index in [1.807, 2.05) is 26.8 Å². The molecule has 140 valence electrons. The summed E-state index contributed by atoms with van der Waals surface area (Å²) in [6.45, 7) is 6.44. The zero-order valence-corrected chi connectivity index (χ0v) is 17.3. The number of nitrogens with one attached hydrogen (secondary N) is 3. The van der Waals surface area contributed by atoms with Crippen LogP contribution in [0, 0.1) is 0 Å². The maximum atomic E-state index is 12.6. The molecule has 1 amide bonds. The standard InChI is InChI=1S/C17H21Cl2N5OS/c1-17(2,3)14-8-13(15(25)21-22-16(26)20-4)24(23-14)9-10-5-6-11(18)7-12(10)19/h5-8H,9H2,1-4H3,(H,21,25)(H2,20,22,26). The molecule has 0 spiro atoms. The molecule has 1 aromatic heterocycles. The Balaban J connectivity index is 2.35. The number of hydrogen-bond donors (Lipinski definition) is 3. The van der Waals surface area contributed by atoms with E-state index in [1.165, 1.54) is 0 Å². The van der Waals surface area contributed by atoms with E-state index in [1.54, 1.807) is 29.9 Å². The number of thiocarbonyl (C=S) groups is 1. The third-order valence-corrected chi connectivity index (χ3v) is 4.53. The fourth-order valence-corrected chi connectivity index (χ4v) is 2.66. The summed E-state index contributed by atoms with van der Waals surface area (Å²) in [4.78, 5) is 12.6. The molecule has 0 saturated heterocycles. The number of hydrazine groups is 1. The Hall–Kier alpha value is -1.83. The van der Waals surface area contributed by atoms with E-state index in [0.29, 0.717) is 27.4 Å². The highest BCUT2D eigenvalue weighted by Gasteiger charge is 2.23. The van der Waals surface area contributed by atoms with Crippen LogP contribution in [0.3, 0.4) is 0 Å². The molecule has 0 saturated carbocycles. The van der Waals surface area contributed by atoms with Crippen LogP contribution < -0.4 is 16.2 Å². The summed E-state index contributed by atoms with van der Waals surface area (Å²) < 4.78 is 1.62. The predicted octanol–water partition coefficient (Wildman–Crippen LogP) is 3.27. The first-order chi connectivity index (χ1) is 12.1. The van der Waals surface area contributed by atoms with Gasteiger partial charge >= 0.3 is 0 Å². The lowest BCUT2D eigenvalue weighted by atomic mass is 9.92. The van der Waals surface area contributed by atoms with Crippen molar-refractivity contribution in [3.63, 3.8) is 0 Å². The van der Waals surface area contributed by atoms with E-state index in [4.69, 9.17) is 35.4 Å². The number of carbonyl (C=O) groups excluding carboxylic acids is 1. The first-order valence-corrected chi connectivity index (χ1v) is 9.08. The second kappa shape index (κ2) is 8.24. The molecular weight excluding hydrogens is 393 g/mol. The zero-order valence-electron chi connectivity index (χ0n) is 15.0. The Labute approximate surface area is 168 Å². The molecule has 2 rings (SSSR count). The van der Waals surface area contributed by atoms with Gasteiger partial charge in [-0.25, -0.2) is 0 Å². The summed E-state index contributed by atoms with van der Waals surface area (Å²) in [5, 5.41) is 8.70. The van der Waals surface area contributed by atoms with E-state index in [2.05, 4.69) is 21.3 Å². The number of carbonyl (C=O) groups is 1. The van der Waals surface area contributed by atoms with Gasteiger partial charge in [0.15, 0.2) is 5.11 Å². The molecule has 0 aliphatic rings. The molecule has 6 nitrogen and oxygen atoms in total. The molecule has 9 heteroatoms. The SMILES string of the molecule is CNC(=S)NNC(=O)c1cc(C(C)(C)C)nn1Cc1ccc(Cl)cc1Cl. The molecule has 3 N–H and O–H groups in total. The highest BCUT2D eigenvalue weighted by molar-refractivity contribution is 7.80. The van der Waals surface area contributed by atoms with Crippen molar-refractivity contribution in [1.29, 1.82) is 0 Å². The number of hydrogen-bond acceptors (Lipinski definition) is 3. The fraction of sp³-hybridized carbons (Fsp3) is 0.353. The van der Waals surface area contributed by atoms with Crippen molar-refractivity contribution in [2.75, 3.05) is 7.05 Å². The molecule has 0 aliphatic carbocycles. The molecule has 0 aliphatic heterocycles. The van der Waals surface area contributed by atoms with Crippen LogP contribution >= 0.6 is 35.4 Å². The highest BCUT2D eigenvalue weighted by Crippen LogP contribution is 2.25. The Kier molecular flexibility index (Phi) is 6.49. The number of aromatic nitrogens is 2. The van der Waals surface area contributed by atoms with Crippen LogP contribution in [0.5, 0.6) is 0 Å². The first kappa shape index (κ1) is 20.5. The maximum absolute atomic E-state index is 12.6. The topological polar surface area (TPSA) is 71.0 Å². The van der Waals surface area contributed by atoms with E-state index in [9.17, 15) is 4.79 Å². The lowest BCUT2D eigenvalue weighted by molar-refractivity contribution is 0.0933. The second-order valence-corrected chi connectivity index (χ2v) is 7.97. The van der Waals surface area contributed by atoms with Gasteiger partial charge in [0.25, 0.3) is 5.91 Å². The van der Waals surface area contributed by atoms with Crippen molar-refractivity contribution < 1.29 is 4.79 Å². The van der Waals surface area contributed by atoms with Crippen LogP contribution in [0.15, 0.2) is 24.3 Å². The second-order valence-electron chi connectivity index (χ2n) is 6.72. The summed E-state index contributed by atoms with van der Waals surface area (Å²) in [7, 11) is 1.66. The van der Waals surface area contributed by atoms with Crippen molar-refractivity contribution in [3.8, 4) is 0 Å². The molecule has 0 fully saturated rings. The van der Waals surface area contributed by atoms with Gasteiger partial charge in [0.1, 0.15) is 5.69 Å². The molecule has 2 aromatic rings. The quantitative estimate of drug-likeness (QED) is 0.531. The average Bonchev–Trinajstić information content (AvgIpc) is 2.99. The zero-order chi connectivity index (χ0) is 19.5. The van der Waals surface area contributed by atoms with Gasteiger partial charge in [-0.15, -0.1) is 0 Å². The maximum Gasteiger partial charge on any atom is 0.287 e. The van der Waals surface area contributed by atoms with E-state index in [0.717, 1.165) is 11.3 Å². The van der Waals surface area contributed by atoms with Crippen molar-refractivity contribution >= 4 is 46.4 Å². The minimum atomic E-state index is -0.351. The van der Waals surface area contributed by atoms with Gasteiger partial charge in [0, 0.05) is 22.5 Å². The Morgan fingerprint density at radius 3 is 2.50 bits per heavy atom. The van der Waals surface area contributed by atoms with Gasteiger partial charge < -0.3 is 5.32 Å². The third-order valence-electron chi connectivity index (χ3n) is 3.63. The number of rotatable bonds is 3. The van der Waals surface area contributed by atoms with Crippen LogP contribution in [0.2, 0.25) is 10.0 Å². The van der Waals surface area contributed by atoms with Gasteiger partial charge in [-0.05, 0) is 36.0 Å². The Morgan fingerprint density at radius 2 is 1.92 bits per heavy atom. The summed E-state index contributed by atoms with van der Waals surface area (Å²) >= 11 is 17.2. The van der Waals surface area contributed by atoms with E-state index >= 15 is 0 Å². The number of amides is 1. The van der Waals surface area contributed by atoms with Crippen LogP contribution in [0.4, 0.5) is 0 Å². The van der Waals surface area contributed by atoms with Gasteiger partial charge in [-0.3, -0.25) is 20.3 Å². The number of nitrogens with zero attached hydrogens (tertiary/aromatic N) is 2. The minimum absolute atomic E-state index is 0.211. The molecule has 0 radical (unpaired) electrons. The average molecular weight is 414 g/mol. The van der Waals surface area contributed by atoms with Crippen molar-refractivity contribution in [2.45, 2.75) is 32.7 Å². The summed E-state index contributed by atoms with van der Waals surface area (Å²) in [6.07, 6.45) is 0. The lowest BCUT2D eigenvalue weighted by Crippen LogP contribution is -2.46. The first-order valence-electron chi connectivity index (χ1n) is 7.92. The van der Waals surface area contributed by atoms with Crippen LogP contribution in [0.25, 0.3) is 0 Å². The van der Waals surface area contributed by atoms with Crippen LogP contribution in [0.1, 0.15) is 42.5 Å². The van der Waals surface area contributed by atoms with Gasteiger partial charge in [0.05, 0.1) is 12.2 Å². The van der Waals surface area contributed by atoms with E-state index in [-0.39, 0.29) is 11.3 Å². The number of halogens is 2. The van der Waals surface area contributed by atoms with Gasteiger partial charge in [0.2, 0.25) is 0 Å². The van der Waals surface area contributed by atoms with Crippen LogP contribution in [-0.2, 0) is 12.0 Å². The fourth-order valence-electron chi connectivity index (χ4n) is 2.14. The smallest absolute Gasteiger partial charge is 0.287 e. The molecular formula is C17H21Cl2N5OS. The molecule has 26 heavy (non-hydrogen) atoms. The Bertz CT molecular complexity index is 829. The predicted molar refractivity (Wildman–Crippen MR) is 109 cm³/mol. The summed E-state index contributed by atoms with van der Waals surface area (Å²) in [5.74, 6) is -0.351. The third kappa shape index (κ3) is 5.09. The van der Waals surface area contributed by atoms with Crippen molar-refractivity contribution in [3.05, 3.63) is 51.3 Å². The number of benzene rings is 1. The summed E-state index contributed by atoms with van der Waals surface area (Å²) in [5.41, 5.74) is 6.97. The van der Waals surface area contributed by atoms with Crippen molar-refractivity contribution in [2.24, 2.45) is 0 Å². The minimum Gasteiger partial charge on any atom is -0.364 e. The summed E-state index contributed by atoms with van der Waals surface area (Å²) in [6, 6.07) is 7.01. The monoisotopic (exact) mass is 413 g/mol. The molecule has 0 unspecified atom stereocenters. The van der Waals surface area contributed by atoms with Crippen LogP contribution in [-0.4, -0.2) is 27.8 Å². The van der Waals surface area contributed by atoms with Gasteiger partial charge in [-0.1, -0.05) is 50.0 Å². The molecule has 1 heterocycles.